The molecule has 0 atom stereocenters. The van der Waals surface area contributed by atoms with E-state index in [4.69, 9.17) is 0 Å². The maximum absolute atomic E-state index is 12.2. The first kappa shape index (κ1) is 15.6. The van der Waals surface area contributed by atoms with Crippen LogP contribution in [-0.2, 0) is 0 Å². The average molecular weight is 304 g/mol. The van der Waals surface area contributed by atoms with Crippen LogP contribution in [0.1, 0.15) is 16.8 Å². The summed E-state index contributed by atoms with van der Waals surface area (Å²) < 4.78 is 0. The van der Waals surface area contributed by atoms with Gasteiger partial charge in [-0.25, -0.2) is 0 Å². The number of rotatable bonds is 6. The smallest absolute Gasteiger partial charge is 0.270 e. The number of amides is 1. The molecule has 0 fully saturated rings. The summed E-state index contributed by atoms with van der Waals surface area (Å²) in [7, 11) is 1.81. The lowest BCUT2D eigenvalue weighted by Crippen LogP contribution is -2.27. The van der Waals surface area contributed by atoms with Gasteiger partial charge in [-0.2, -0.15) is 0 Å². The van der Waals surface area contributed by atoms with Crippen molar-refractivity contribution in [1.82, 2.24) is 15.6 Å². The fourth-order valence-electron chi connectivity index (χ4n) is 2.11. The highest BCUT2D eigenvalue weighted by Gasteiger charge is 2.15. The van der Waals surface area contributed by atoms with Crippen molar-refractivity contribution < 1.29 is 9.72 Å². The summed E-state index contributed by atoms with van der Waals surface area (Å²) in [4.78, 5) is 36.7. The summed E-state index contributed by atoms with van der Waals surface area (Å²) in [5, 5.41) is 16.9. The van der Waals surface area contributed by atoms with Crippen molar-refractivity contribution in [2.45, 2.75) is 6.42 Å². The number of hydrogen-bond donors (Lipinski definition) is 3. The molecule has 0 saturated carbocycles. The first-order valence-corrected chi connectivity index (χ1v) is 6.77. The number of aromatic nitrogens is 1. The third-order valence-electron chi connectivity index (χ3n) is 3.17. The van der Waals surface area contributed by atoms with Crippen molar-refractivity contribution in [1.29, 1.82) is 0 Å². The van der Waals surface area contributed by atoms with E-state index in [2.05, 4.69) is 15.6 Å². The van der Waals surface area contributed by atoms with Crippen LogP contribution < -0.4 is 16.2 Å². The van der Waals surface area contributed by atoms with E-state index in [1.807, 2.05) is 7.05 Å². The third kappa shape index (κ3) is 3.47. The molecule has 3 N–H and O–H groups in total. The Bertz CT molecular complexity index is 769. The van der Waals surface area contributed by atoms with Crippen molar-refractivity contribution in [3.8, 4) is 0 Å². The Morgan fingerprint density at radius 2 is 2.09 bits per heavy atom. The van der Waals surface area contributed by atoms with Crippen LogP contribution in [0.25, 0.3) is 10.9 Å². The minimum atomic E-state index is -0.543. The molecule has 1 heterocycles. The Labute approximate surface area is 125 Å². The molecule has 2 aromatic rings. The Kier molecular flexibility index (Phi) is 4.84. The molecule has 8 heteroatoms. The van der Waals surface area contributed by atoms with Crippen LogP contribution in [0.3, 0.4) is 0 Å². The van der Waals surface area contributed by atoms with E-state index in [-0.39, 0.29) is 11.3 Å². The highest BCUT2D eigenvalue weighted by molar-refractivity contribution is 6.06. The van der Waals surface area contributed by atoms with Gasteiger partial charge in [0.25, 0.3) is 11.6 Å². The Morgan fingerprint density at radius 1 is 1.32 bits per heavy atom. The zero-order valence-corrected chi connectivity index (χ0v) is 12.0. The largest absolute Gasteiger partial charge is 0.352 e. The summed E-state index contributed by atoms with van der Waals surface area (Å²) in [6, 6.07) is 5.15. The predicted molar refractivity (Wildman–Crippen MR) is 82.1 cm³/mol. The van der Waals surface area contributed by atoms with Crippen LogP contribution >= 0.6 is 0 Å². The molecule has 0 radical (unpaired) electrons. The highest BCUT2D eigenvalue weighted by atomic mass is 16.6. The van der Waals surface area contributed by atoms with Crippen molar-refractivity contribution >= 4 is 22.5 Å². The van der Waals surface area contributed by atoms with Gasteiger partial charge in [-0.3, -0.25) is 19.7 Å². The fraction of sp³-hybridized carbons (Fsp3) is 0.286. The SMILES string of the molecule is CNCCCNC(=O)c1cc(=O)[nH]c2ccc([N+](=O)[O-])cc12. The van der Waals surface area contributed by atoms with Gasteiger partial charge in [0.05, 0.1) is 10.5 Å². The van der Waals surface area contributed by atoms with E-state index in [1.165, 1.54) is 18.2 Å². The van der Waals surface area contributed by atoms with Gasteiger partial charge in [0.1, 0.15) is 0 Å². The number of nitro groups is 1. The molecule has 116 valence electrons. The van der Waals surface area contributed by atoms with Gasteiger partial charge in [-0.15, -0.1) is 0 Å². The molecule has 2 rings (SSSR count). The van der Waals surface area contributed by atoms with Crippen LogP contribution in [0.2, 0.25) is 0 Å². The van der Waals surface area contributed by atoms with E-state index in [9.17, 15) is 19.7 Å². The number of hydrogen-bond acceptors (Lipinski definition) is 5. The number of pyridine rings is 1. The number of carbonyl (C=O) groups excluding carboxylic acids is 1. The number of nitrogens with zero attached hydrogens (tertiary/aromatic N) is 1. The fourth-order valence-corrected chi connectivity index (χ4v) is 2.11. The van der Waals surface area contributed by atoms with Crippen LogP contribution in [0.15, 0.2) is 29.1 Å². The van der Waals surface area contributed by atoms with Gasteiger partial charge in [0.2, 0.25) is 5.56 Å². The number of nitro benzene ring substituents is 1. The summed E-state index contributed by atoms with van der Waals surface area (Å²) in [5.74, 6) is -0.423. The van der Waals surface area contributed by atoms with Crippen LogP contribution in [0.4, 0.5) is 5.69 Å². The summed E-state index contributed by atoms with van der Waals surface area (Å²) >= 11 is 0. The topological polar surface area (TPSA) is 117 Å². The van der Waals surface area contributed by atoms with Crippen molar-refractivity contribution in [2.24, 2.45) is 0 Å². The first-order valence-electron chi connectivity index (χ1n) is 6.77. The molecule has 1 amide bonds. The maximum Gasteiger partial charge on any atom is 0.270 e. The van der Waals surface area contributed by atoms with Gasteiger partial charge in [0.15, 0.2) is 0 Å². The van der Waals surface area contributed by atoms with E-state index in [0.29, 0.717) is 17.4 Å². The Morgan fingerprint density at radius 3 is 2.77 bits per heavy atom. The van der Waals surface area contributed by atoms with Crippen molar-refractivity contribution in [2.75, 3.05) is 20.1 Å². The van der Waals surface area contributed by atoms with Crippen molar-refractivity contribution in [3.05, 3.63) is 50.3 Å². The number of carbonyl (C=O) groups is 1. The second-order valence-corrected chi connectivity index (χ2v) is 4.75. The number of benzene rings is 1. The number of nitrogens with one attached hydrogen (secondary N) is 3. The molecule has 0 unspecified atom stereocenters. The van der Waals surface area contributed by atoms with Gasteiger partial charge < -0.3 is 15.6 Å². The van der Waals surface area contributed by atoms with E-state index in [1.54, 1.807) is 0 Å². The number of non-ortho nitro benzene ring substituents is 1. The molecule has 22 heavy (non-hydrogen) atoms. The van der Waals surface area contributed by atoms with E-state index < -0.39 is 16.4 Å². The molecule has 1 aromatic carbocycles. The zero-order valence-electron chi connectivity index (χ0n) is 12.0. The zero-order chi connectivity index (χ0) is 16.1. The molecular weight excluding hydrogens is 288 g/mol. The summed E-state index contributed by atoms with van der Waals surface area (Å²) in [6.07, 6.45) is 0.740. The lowest BCUT2D eigenvalue weighted by molar-refractivity contribution is -0.384. The minimum absolute atomic E-state index is 0.131. The molecule has 8 nitrogen and oxygen atoms in total. The number of H-pyrrole nitrogens is 1. The van der Waals surface area contributed by atoms with Crippen molar-refractivity contribution in [3.63, 3.8) is 0 Å². The van der Waals surface area contributed by atoms with Crippen LogP contribution in [-0.4, -0.2) is 36.0 Å². The molecule has 0 aliphatic rings. The summed E-state index contributed by atoms with van der Waals surface area (Å²) in [5.41, 5.74) is -0.0455. The lowest BCUT2D eigenvalue weighted by atomic mass is 10.1. The van der Waals surface area contributed by atoms with E-state index >= 15 is 0 Å². The molecule has 0 spiro atoms. The standard InChI is InChI=1S/C14H16N4O4/c1-15-5-2-6-16-14(20)11-8-13(19)17-12-4-3-9(18(21)22)7-10(11)12/h3-4,7-8,15H,2,5-6H2,1H3,(H,16,20)(H,17,19). The quantitative estimate of drug-likeness (QED) is 0.414. The number of aromatic amines is 1. The Hall–Kier alpha value is -2.74. The highest BCUT2D eigenvalue weighted by Crippen LogP contribution is 2.21. The van der Waals surface area contributed by atoms with Gasteiger partial charge in [-0.1, -0.05) is 0 Å². The maximum atomic E-state index is 12.2. The molecule has 0 bridgehead atoms. The lowest BCUT2D eigenvalue weighted by Gasteiger charge is -2.07. The van der Waals surface area contributed by atoms with E-state index in [0.717, 1.165) is 19.0 Å². The third-order valence-corrected chi connectivity index (χ3v) is 3.17. The average Bonchev–Trinajstić information content (AvgIpc) is 2.50. The van der Waals surface area contributed by atoms with Crippen LogP contribution in [0.5, 0.6) is 0 Å². The Balaban J connectivity index is 2.38. The normalized spacial score (nSPS) is 10.6. The number of fused-ring (bicyclic) bond motifs is 1. The molecule has 1 aromatic heterocycles. The molecular formula is C14H16N4O4. The minimum Gasteiger partial charge on any atom is -0.352 e. The first-order chi connectivity index (χ1) is 10.5. The molecule has 0 aliphatic heterocycles. The van der Waals surface area contributed by atoms with Crippen LogP contribution in [0, 0.1) is 10.1 Å². The molecule has 0 aliphatic carbocycles. The summed E-state index contributed by atoms with van der Waals surface area (Å²) in [6.45, 7) is 1.20. The molecule has 0 saturated heterocycles. The van der Waals surface area contributed by atoms with Gasteiger partial charge in [0, 0.05) is 35.6 Å². The van der Waals surface area contributed by atoms with Gasteiger partial charge in [-0.05, 0) is 26.1 Å². The van der Waals surface area contributed by atoms with Gasteiger partial charge >= 0.3 is 0 Å². The second kappa shape index (κ2) is 6.81. The monoisotopic (exact) mass is 304 g/mol. The predicted octanol–water partition coefficient (Wildman–Crippen LogP) is 0.776. The second-order valence-electron chi connectivity index (χ2n) is 4.75.